The van der Waals surface area contributed by atoms with Crippen LogP contribution >= 0.6 is 0 Å². The van der Waals surface area contributed by atoms with Crippen LogP contribution in [0.3, 0.4) is 0 Å². The average Bonchev–Trinajstić information content (AvgIpc) is 3.18. The third-order valence-electron chi connectivity index (χ3n) is 6.49. The fourth-order valence-electron chi connectivity index (χ4n) is 4.68. The zero-order chi connectivity index (χ0) is 27.2. The van der Waals surface area contributed by atoms with E-state index in [0.717, 1.165) is 11.1 Å². The van der Waals surface area contributed by atoms with Gasteiger partial charge in [-0.05, 0) is 67.3 Å². The Labute approximate surface area is 223 Å². The number of carbonyl (C=O) groups is 2. The molecule has 198 valence electrons. The SMILES string of the molecule is CCCN1C(=O)C(=O)/C(=C(\O)c2ccc(OCc3ccccc3)c(C)c2)C1c1ccc(OC)c(OCC)c1. The molecule has 38 heavy (non-hydrogen) atoms. The fraction of sp³-hybridized carbons (Fsp3) is 0.290. The number of hydrogen-bond donors (Lipinski definition) is 1. The van der Waals surface area contributed by atoms with Gasteiger partial charge in [-0.15, -0.1) is 0 Å². The highest BCUT2D eigenvalue weighted by molar-refractivity contribution is 6.46. The van der Waals surface area contributed by atoms with Crippen molar-refractivity contribution in [1.29, 1.82) is 0 Å². The summed E-state index contributed by atoms with van der Waals surface area (Å²) in [5, 5.41) is 11.4. The lowest BCUT2D eigenvalue weighted by Gasteiger charge is -2.25. The minimum Gasteiger partial charge on any atom is -0.507 e. The van der Waals surface area contributed by atoms with Gasteiger partial charge in [0.15, 0.2) is 11.5 Å². The first-order chi connectivity index (χ1) is 18.4. The summed E-state index contributed by atoms with van der Waals surface area (Å²) in [5.74, 6) is 0.155. The second kappa shape index (κ2) is 11.9. The average molecular weight is 516 g/mol. The zero-order valence-electron chi connectivity index (χ0n) is 22.2. The Morgan fingerprint density at radius 3 is 2.32 bits per heavy atom. The van der Waals surface area contributed by atoms with E-state index in [0.29, 0.717) is 54.6 Å². The van der Waals surface area contributed by atoms with Crippen LogP contribution in [-0.4, -0.2) is 42.0 Å². The topological polar surface area (TPSA) is 85.3 Å². The number of aliphatic hydroxyl groups excluding tert-OH is 1. The Morgan fingerprint density at radius 1 is 0.921 bits per heavy atom. The van der Waals surface area contributed by atoms with Crippen molar-refractivity contribution in [3.05, 3.63) is 94.6 Å². The second-order valence-electron chi connectivity index (χ2n) is 9.09. The van der Waals surface area contributed by atoms with Gasteiger partial charge in [0.25, 0.3) is 11.7 Å². The number of Topliss-reactive ketones (excluding diaryl/α,β-unsaturated/α-hetero) is 1. The quantitative estimate of drug-likeness (QED) is 0.208. The van der Waals surface area contributed by atoms with E-state index in [2.05, 4.69) is 0 Å². The molecule has 0 bridgehead atoms. The van der Waals surface area contributed by atoms with Gasteiger partial charge in [0, 0.05) is 12.1 Å². The highest BCUT2D eigenvalue weighted by Gasteiger charge is 2.46. The standard InChI is InChI=1S/C31H33NO6/c1-5-16-32-28(22-12-15-25(36-4)26(18-22)37-6-2)27(30(34)31(32)35)29(33)23-13-14-24(20(3)17-23)38-19-21-10-8-7-9-11-21/h7-15,17-18,28,33H,5-6,16,19H2,1-4H3/b29-27-. The first kappa shape index (κ1) is 26.8. The van der Waals surface area contributed by atoms with E-state index >= 15 is 0 Å². The summed E-state index contributed by atoms with van der Waals surface area (Å²) >= 11 is 0. The van der Waals surface area contributed by atoms with Gasteiger partial charge in [-0.25, -0.2) is 0 Å². The van der Waals surface area contributed by atoms with Crippen molar-refractivity contribution in [1.82, 2.24) is 4.90 Å². The molecule has 7 nitrogen and oxygen atoms in total. The van der Waals surface area contributed by atoms with Gasteiger partial charge in [-0.3, -0.25) is 9.59 Å². The number of nitrogens with zero attached hydrogens (tertiary/aromatic N) is 1. The molecule has 1 N–H and O–H groups in total. The summed E-state index contributed by atoms with van der Waals surface area (Å²) in [6, 6.07) is 19.6. The molecule has 1 fully saturated rings. The van der Waals surface area contributed by atoms with Gasteiger partial charge < -0.3 is 24.2 Å². The minimum atomic E-state index is -0.755. The zero-order valence-corrected chi connectivity index (χ0v) is 22.2. The third-order valence-corrected chi connectivity index (χ3v) is 6.49. The van der Waals surface area contributed by atoms with Crippen molar-refractivity contribution >= 4 is 17.4 Å². The van der Waals surface area contributed by atoms with Crippen LogP contribution in [0, 0.1) is 6.92 Å². The Hall–Kier alpha value is -4.26. The molecule has 1 atom stereocenters. The lowest BCUT2D eigenvalue weighted by molar-refractivity contribution is -0.139. The number of carbonyl (C=O) groups excluding carboxylic acids is 2. The Kier molecular flexibility index (Phi) is 8.36. The smallest absolute Gasteiger partial charge is 0.295 e. The molecule has 0 spiro atoms. The van der Waals surface area contributed by atoms with Gasteiger partial charge >= 0.3 is 0 Å². The number of hydrogen-bond acceptors (Lipinski definition) is 6. The monoisotopic (exact) mass is 515 g/mol. The summed E-state index contributed by atoms with van der Waals surface area (Å²) < 4.78 is 17.1. The summed E-state index contributed by atoms with van der Waals surface area (Å²) in [4.78, 5) is 27.8. The lowest BCUT2D eigenvalue weighted by atomic mass is 9.94. The summed E-state index contributed by atoms with van der Waals surface area (Å²) in [6.07, 6.45) is 0.657. The van der Waals surface area contributed by atoms with Crippen LogP contribution in [0.25, 0.3) is 5.76 Å². The fourth-order valence-corrected chi connectivity index (χ4v) is 4.68. The van der Waals surface area contributed by atoms with E-state index in [-0.39, 0.29) is 11.3 Å². The van der Waals surface area contributed by atoms with Crippen molar-refractivity contribution in [2.24, 2.45) is 0 Å². The van der Waals surface area contributed by atoms with Gasteiger partial charge in [-0.1, -0.05) is 43.3 Å². The molecule has 1 unspecified atom stereocenters. The maximum Gasteiger partial charge on any atom is 0.295 e. The predicted molar refractivity (Wildman–Crippen MR) is 145 cm³/mol. The first-order valence-electron chi connectivity index (χ1n) is 12.8. The highest BCUT2D eigenvalue weighted by atomic mass is 16.5. The van der Waals surface area contributed by atoms with Crippen LogP contribution in [-0.2, 0) is 16.2 Å². The van der Waals surface area contributed by atoms with E-state index < -0.39 is 17.7 Å². The minimum absolute atomic E-state index is 0.0495. The van der Waals surface area contributed by atoms with Gasteiger partial charge in [0.05, 0.1) is 25.3 Å². The summed E-state index contributed by atoms with van der Waals surface area (Å²) in [7, 11) is 1.55. The molecule has 1 aliphatic heterocycles. The number of rotatable bonds is 10. The number of amides is 1. The van der Waals surface area contributed by atoms with E-state index in [1.165, 1.54) is 4.90 Å². The number of ketones is 1. The largest absolute Gasteiger partial charge is 0.507 e. The van der Waals surface area contributed by atoms with Crippen LogP contribution < -0.4 is 14.2 Å². The maximum atomic E-state index is 13.2. The molecule has 3 aromatic rings. The Balaban J connectivity index is 1.73. The molecule has 0 aromatic heterocycles. The Morgan fingerprint density at radius 2 is 1.66 bits per heavy atom. The number of benzene rings is 3. The predicted octanol–water partition coefficient (Wildman–Crippen LogP) is 5.81. The number of aliphatic hydroxyl groups is 1. The van der Waals surface area contributed by atoms with Crippen molar-refractivity contribution in [2.45, 2.75) is 39.8 Å². The number of methoxy groups -OCH3 is 1. The van der Waals surface area contributed by atoms with Gasteiger partial charge in [0.1, 0.15) is 18.1 Å². The lowest BCUT2D eigenvalue weighted by Crippen LogP contribution is -2.30. The van der Waals surface area contributed by atoms with Crippen molar-refractivity contribution < 1.29 is 28.9 Å². The molecular weight excluding hydrogens is 482 g/mol. The Bertz CT molecular complexity index is 1350. The molecule has 1 heterocycles. The summed E-state index contributed by atoms with van der Waals surface area (Å²) in [5.41, 5.74) is 2.98. The first-order valence-corrected chi connectivity index (χ1v) is 12.8. The molecule has 0 saturated carbocycles. The molecule has 1 saturated heterocycles. The normalized spacial score (nSPS) is 16.5. The van der Waals surface area contributed by atoms with Crippen LogP contribution in [0.5, 0.6) is 17.2 Å². The molecule has 7 heteroatoms. The number of likely N-dealkylation sites (tertiary alicyclic amines) is 1. The maximum absolute atomic E-state index is 13.2. The van der Waals surface area contributed by atoms with E-state index in [4.69, 9.17) is 14.2 Å². The molecule has 3 aromatic carbocycles. The van der Waals surface area contributed by atoms with Gasteiger partial charge in [-0.2, -0.15) is 0 Å². The van der Waals surface area contributed by atoms with E-state index in [9.17, 15) is 14.7 Å². The molecule has 1 amide bonds. The molecule has 0 radical (unpaired) electrons. The van der Waals surface area contributed by atoms with Crippen LogP contribution in [0.1, 0.15) is 48.6 Å². The van der Waals surface area contributed by atoms with E-state index in [1.54, 1.807) is 43.5 Å². The molecule has 0 aliphatic carbocycles. The molecule has 1 aliphatic rings. The van der Waals surface area contributed by atoms with E-state index in [1.807, 2.05) is 51.1 Å². The van der Waals surface area contributed by atoms with Crippen LogP contribution in [0.4, 0.5) is 0 Å². The van der Waals surface area contributed by atoms with Crippen molar-refractivity contribution in [2.75, 3.05) is 20.3 Å². The number of ether oxygens (including phenoxy) is 3. The van der Waals surface area contributed by atoms with Crippen LogP contribution in [0.15, 0.2) is 72.3 Å². The number of aryl methyl sites for hydroxylation is 1. The summed E-state index contributed by atoms with van der Waals surface area (Å²) in [6.45, 7) is 6.88. The van der Waals surface area contributed by atoms with Crippen LogP contribution in [0.2, 0.25) is 0 Å². The molecular formula is C31H33NO6. The van der Waals surface area contributed by atoms with Crippen molar-refractivity contribution in [3.63, 3.8) is 0 Å². The van der Waals surface area contributed by atoms with Crippen molar-refractivity contribution in [3.8, 4) is 17.2 Å². The second-order valence-corrected chi connectivity index (χ2v) is 9.09. The molecule has 4 rings (SSSR count). The third kappa shape index (κ3) is 5.37. The highest BCUT2D eigenvalue weighted by Crippen LogP contribution is 2.42. The van der Waals surface area contributed by atoms with Gasteiger partial charge in [0.2, 0.25) is 0 Å².